The predicted molar refractivity (Wildman–Crippen MR) is 171 cm³/mol. The zero-order chi connectivity index (χ0) is 32.3. The lowest BCUT2D eigenvalue weighted by atomic mass is 9.87. The fourth-order valence-electron chi connectivity index (χ4n) is 4.11. The Morgan fingerprint density at radius 3 is 1.43 bits per heavy atom. The molecule has 0 saturated heterocycles. The van der Waals surface area contributed by atoms with Crippen LogP contribution in [0.4, 0.5) is 16.2 Å². The van der Waals surface area contributed by atoms with Crippen molar-refractivity contribution in [1.29, 1.82) is 0 Å². The van der Waals surface area contributed by atoms with Crippen LogP contribution in [0, 0.1) is 0 Å². The quantitative estimate of drug-likeness (QED) is 0.192. The van der Waals surface area contributed by atoms with Gasteiger partial charge in [-0.1, -0.05) is 71.9 Å². The van der Waals surface area contributed by atoms with E-state index in [9.17, 15) is 21.6 Å². The predicted octanol–water partition coefficient (Wildman–Crippen LogP) is 7.46. The monoisotopic (exact) mass is 636 g/mol. The summed E-state index contributed by atoms with van der Waals surface area (Å²) < 4.78 is 61.6. The molecule has 0 atom stereocenters. The first-order valence-corrected chi connectivity index (χ1v) is 16.6. The maximum absolute atomic E-state index is 12.8. The van der Waals surface area contributed by atoms with E-state index in [1.54, 1.807) is 36.4 Å². The third kappa shape index (κ3) is 8.39. The molecule has 0 heterocycles. The van der Waals surface area contributed by atoms with Crippen molar-refractivity contribution in [2.45, 2.75) is 62.2 Å². The summed E-state index contributed by atoms with van der Waals surface area (Å²) >= 11 is 0. The molecule has 232 valence electrons. The fraction of sp³-hybridized carbons (Fsp3) is 0.242. The highest BCUT2D eigenvalue weighted by Crippen LogP contribution is 2.27. The smallest absolute Gasteiger partial charge is 0.339 e. The maximum atomic E-state index is 12.8. The number of amides is 2. The average Bonchev–Trinajstić information content (AvgIpc) is 2.93. The van der Waals surface area contributed by atoms with E-state index in [0.717, 1.165) is 11.1 Å². The number of hydrogen-bond donors (Lipinski definition) is 2. The van der Waals surface area contributed by atoms with E-state index in [0.29, 0.717) is 11.4 Å². The van der Waals surface area contributed by atoms with Gasteiger partial charge in [-0.15, -0.1) is 0 Å². The second-order valence-corrected chi connectivity index (χ2v) is 15.3. The minimum atomic E-state index is -4.10. The minimum absolute atomic E-state index is 0.0141. The molecule has 0 aliphatic heterocycles. The summed E-state index contributed by atoms with van der Waals surface area (Å²) in [5.74, 6) is 0.105. The third-order valence-electron chi connectivity index (χ3n) is 6.63. The molecular formula is C33H36N2O7S2. The van der Waals surface area contributed by atoms with Crippen molar-refractivity contribution in [3.05, 3.63) is 108 Å². The van der Waals surface area contributed by atoms with Gasteiger partial charge < -0.3 is 19.0 Å². The highest BCUT2D eigenvalue weighted by atomic mass is 32.2. The molecule has 0 bridgehead atoms. The maximum Gasteiger partial charge on any atom is 0.339 e. The zero-order valence-corrected chi connectivity index (χ0v) is 27.0. The molecule has 0 spiro atoms. The van der Waals surface area contributed by atoms with Gasteiger partial charge in [-0.3, -0.25) is 0 Å². The van der Waals surface area contributed by atoms with Gasteiger partial charge in [0.1, 0.15) is 21.3 Å². The Balaban J connectivity index is 1.36. The lowest BCUT2D eigenvalue weighted by Gasteiger charge is -2.19. The molecule has 4 aromatic rings. The van der Waals surface area contributed by atoms with Crippen molar-refractivity contribution in [2.24, 2.45) is 0 Å². The summed E-state index contributed by atoms with van der Waals surface area (Å²) in [4.78, 5) is 12.6. The molecule has 4 rings (SSSR count). The summed E-state index contributed by atoms with van der Waals surface area (Å²) in [6.45, 7) is 12.2. The van der Waals surface area contributed by atoms with Crippen LogP contribution in [-0.2, 0) is 31.1 Å². The molecule has 0 fully saturated rings. The van der Waals surface area contributed by atoms with Crippen LogP contribution >= 0.6 is 0 Å². The van der Waals surface area contributed by atoms with Crippen LogP contribution < -0.4 is 19.0 Å². The van der Waals surface area contributed by atoms with Crippen LogP contribution in [-0.4, -0.2) is 22.9 Å². The van der Waals surface area contributed by atoms with Crippen molar-refractivity contribution in [2.75, 3.05) is 10.6 Å². The number of nitrogens with one attached hydrogen (secondary N) is 2. The van der Waals surface area contributed by atoms with Gasteiger partial charge in [-0.2, -0.15) is 16.8 Å². The van der Waals surface area contributed by atoms with Gasteiger partial charge in [-0.25, -0.2) is 4.79 Å². The van der Waals surface area contributed by atoms with E-state index in [1.807, 2.05) is 41.5 Å². The van der Waals surface area contributed by atoms with E-state index < -0.39 is 26.3 Å². The molecule has 0 aliphatic carbocycles. The highest BCUT2D eigenvalue weighted by molar-refractivity contribution is 7.87. The van der Waals surface area contributed by atoms with Crippen LogP contribution in [0.3, 0.4) is 0 Å². The number of rotatable bonds is 8. The number of anilines is 2. The SMILES string of the molecule is CC(C)(C)c1ccc(S(=O)(=O)Oc2ccc(NC(=O)Nc3cccc(OS(=O)(=O)c4ccc(C(C)(C)C)cc4)c3)cc2)cc1. The van der Waals surface area contributed by atoms with Gasteiger partial charge in [0.05, 0.1) is 0 Å². The van der Waals surface area contributed by atoms with E-state index in [-0.39, 0.29) is 32.1 Å². The first kappa shape index (κ1) is 32.6. The normalized spacial score (nSPS) is 12.3. The average molecular weight is 637 g/mol. The van der Waals surface area contributed by atoms with E-state index in [4.69, 9.17) is 8.37 Å². The third-order valence-corrected chi connectivity index (χ3v) is 9.16. The Kier molecular flexibility index (Phi) is 9.13. The molecule has 0 saturated carbocycles. The fourth-order valence-corrected chi connectivity index (χ4v) is 5.96. The number of carbonyl (C=O) groups excluding carboxylic acids is 1. The summed E-state index contributed by atoms with van der Waals surface area (Å²) in [5, 5.41) is 5.25. The van der Waals surface area contributed by atoms with Crippen molar-refractivity contribution in [3.63, 3.8) is 0 Å². The van der Waals surface area contributed by atoms with Gasteiger partial charge >= 0.3 is 26.3 Å². The number of hydrogen-bond acceptors (Lipinski definition) is 7. The van der Waals surface area contributed by atoms with Crippen LogP contribution in [0.2, 0.25) is 0 Å². The summed E-state index contributed by atoms with van der Waals surface area (Å²) in [7, 11) is -8.14. The van der Waals surface area contributed by atoms with Crippen molar-refractivity contribution in [3.8, 4) is 11.5 Å². The van der Waals surface area contributed by atoms with Crippen molar-refractivity contribution >= 4 is 37.6 Å². The number of urea groups is 1. The van der Waals surface area contributed by atoms with Crippen LogP contribution in [0.5, 0.6) is 11.5 Å². The van der Waals surface area contributed by atoms with Gasteiger partial charge in [0.2, 0.25) is 0 Å². The first-order valence-electron chi connectivity index (χ1n) is 13.8. The van der Waals surface area contributed by atoms with Crippen molar-refractivity contribution in [1.82, 2.24) is 0 Å². The second kappa shape index (κ2) is 12.3. The second-order valence-electron chi connectivity index (χ2n) is 12.3. The molecule has 0 unspecified atom stereocenters. The molecule has 2 N–H and O–H groups in total. The van der Waals surface area contributed by atoms with Gasteiger partial charge in [0, 0.05) is 17.4 Å². The molecule has 11 heteroatoms. The van der Waals surface area contributed by atoms with Crippen LogP contribution in [0.25, 0.3) is 0 Å². The Labute approximate surface area is 259 Å². The van der Waals surface area contributed by atoms with E-state index in [1.165, 1.54) is 60.7 Å². The molecule has 0 aromatic heterocycles. The minimum Gasteiger partial charge on any atom is -0.379 e. The molecule has 44 heavy (non-hydrogen) atoms. The Hall–Kier alpha value is -4.35. The number of benzene rings is 4. The molecule has 4 aromatic carbocycles. The highest BCUT2D eigenvalue weighted by Gasteiger charge is 2.21. The first-order chi connectivity index (χ1) is 20.4. The van der Waals surface area contributed by atoms with Crippen LogP contribution in [0.15, 0.2) is 107 Å². The molecule has 0 radical (unpaired) electrons. The van der Waals surface area contributed by atoms with Gasteiger partial charge in [0.25, 0.3) is 0 Å². The number of carbonyl (C=O) groups is 1. The molecular weight excluding hydrogens is 601 g/mol. The summed E-state index contributed by atoms with van der Waals surface area (Å²) in [6.07, 6.45) is 0. The summed E-state index contributed by atoms with van der Waals surface area (Å²) in [5.41, 5.74) is 2.41. The largest absolute Gasteiger partial charge is 0.379 e. The van der Waals surface area contributed by atoms with E-state index >= 15 is 0 Å². The molecule has 2 amide bonds. The zero-order valence-electron chi connectivity index (χ0n) is 25.4. The van der Waals surface area contributed by atoms with Gasteiger partial charge in [0.15, 0.2) is 0 Å². The lowest BCUT2D eigenvalue weighted by molar-refractivity contribution is 0.262. The van der Waals surface area contributed by atoms with Crippen molar-refractivity contribution < 1.29 is 30.0 Å². The Morgan fingerprint density at radius 2 is 0.977 bits per heavy atom. The van der Waals surface area contributed by atoms with Crippen LogP contribution in [0.1, 0.15) is 52.7 Å². The molecule has 9 nitrogen and oxygen atoms in total. The van der Waals surface area contributed by atoms with Gasteiger partial charge in [-0.05, 0) is 82.6 Å². The Bertz CT molecular complexity index is 1840. The molecule has 0 aliphatic rings. The summed E-state index contributed by atoms with van der Waals surface area (Å²) in [6, 6.07) is 24.2. The lowest BCUT2D eigenvalue weighted by Crippen LogP contribution is -2.19. The Morgan fingerprint density at radius 1 is 0.545 bits per heavy atom. The topological polar surface area (TPSA) is 128 Å². The standard InChI is InChI=1S/C33H36N2O7S2/c1-32(2,3)23-10-18-29(19-11-23)43(37,38)41-27-16-14-25(15-17-27)34-31(36)35-26-8-7-9-28(22-26)42-44(39,40)30-20-12-24(13-21-30)33(4,5)6/h7-22H,1-6H3,(H2,34,35,36). The van der Waals surface area contributed by atoms with E-state index in [2.05, 4.69) is 10.6 Å².